The van der Waals surface area contributed by atoms with Crippen molar-refractivity contribution < 1.29 is 4.79 Å². The molecule has 1 N–H and O–H groups in total. The highest BCUT2D eigenvalue weighted by molar-refractivity contribution is 5.90. The van der Waals surface area contributed by atoms with Crippen molar-refractivity contribution in [2.45, 2.75) is 34.2 Å². The minimum Gasteiger partial charge on any atom is -0.324 e. The van der Waals surface area contributed by atoms with Crippen molar-refractivity contribution in [3.63, 3.8) is 0 Å². The molecule has 2 aromatic carbocycles. The maximum absolute atomic E-state index is 12.4. The maximum Gasteiger partial charge on any atom is 0.267 e. The second-order valence-corrected chi connectivity index (χ2v) is 6.94. The lowest BCUT2D eigenvalue weighted by Gasteiger charge is -2.10. The second kappa shape index (κ2) is 7.58. The summed E-state index contributed by atoms with van der Waals surface area (Å²) in [6.45, 7) is 7.89. The van der Waals surface area contributed by atoms with Gasteiger partial charge >= 0.3 is 0 Å². The number of aryl methyl sites for hydroxylation is 4. The lowest BCUT2D eigenvalue weighted by Crippen LogP contribution is -2.29. The topological polar surface area (TPSA) is 64.0 Å². The highest BCUT2D eigenvalue weighted by atomic mass is 16.2. The Balaban J connectivity index is 1.83. The molecule has 3 rings (SSSR count). The van der Waals surface area contributed by atoms with E-state index in [9.17, 15) is 9.59 Å². The number of anilines is 1. The molecule has 0 radical (unpaired) electrons. The minimum absolute atomic E-state index is 0.134. The lowest BCUT2D eigenvalue weighted by atomic mass is 10.0. The summed E-state index contributed by atoms with van der Waals surface area (Å²) in [6.07, 6.45) is 0. The second-order valence-electron chi connectivity index (χ2n) is 6.94. The molecular formula is C22H23N3O2. The van der Waals surface area contributed by atoms with E-state index in [4.69, 9.17) is 0 Å². The molecule has 0 saturated heterocycles. The molecule has 0 saturated carbocycles. The molecule has 0 aliphatic heterocycles. The van der Waals surface area contributed by atoms with Crippen LogP contribution < -0.4 is 10.9 Å². The van der Waals surface area contributed by atoms with Crippen LogP contribution in [-0.4, -0.2) is 15.7 Å². The predicted octanol–water partition coefficient (Wildman–Crippen LogP) is 3.78. The zero-order chi connectivity index (χ0) is 19.6. The van der Waals surface area contributed by atoms with Gasteiger partial charge in [-0.25, -0.2) is 4.68 Å². The van der Waals surface area contributed by atoms with Gasteiger partial charge in [0.25, 0.3) is 5.56 Å². The summed E-state index contributed by atoms with van der Waals surface area (Å²) in [4.78, 5) is 24.5. The summed E-state index contributed by atoms with van der Waals surface area (Å²) in [6, 6.07) is 15.0. The number of hydrogen-bond acceptors (Lipinski definition) is 3. The Morgan fingerprint density at radius 2 is 1.63 bits per heavy atom. The van der Waals surface area contributed by atoms with Crippen LogP contribution in [0.1, 0.15) is 22.3 Å². The molecule has 0 spiro atoms. The number of rotatable bonds is 4. The molecule has 27 heavy (non-hydrogen) atoms. The van der Waals surface area contributed by atoms with Crippen LogP contribution >= 0.6 is 0 Å². The number of hydrogen-bond donors (Lipinski definition) is 1. The molecular weight excluding hydrogens is 338 g/mol. The van der Waals surface area contributed by atoms with Crippen LogP contribution in [0.15, 0.2) is 53.3 Å². The largest absolute Gasteiger partial charge is 0.324 e. The van der Waals surface area contributed by atoms with E-state index < -0.39 is 0 Å². The van der Waals surface area contributed by atoms with E-state index in [1.807, 2.05) is 64.1 Å². The van der Waals surface area contributed by atoms with Gasteiger partial charge in [-0.3, -0.25) is 9.59 Å². The molecule has 0 unspecified atom stereocenters. The maximum atomic E-state index is 12.4. The van der Waals surface area contributed by atoms with Crippen LogP contribution in [0.5, 0.6) is 0 Å². The van der Waals surface area contributed by atoms with Gasteiger partial charge in [0.15, 0.2) is 0 Å². The van der Waals surface area contributed by atoms with E-state index >= 15 is 0 Å². The number of carbonyl (C=O) groups is 1. The van der Waals surface area contributed by atoms with Crippen LogP contribution in [0.3, 0.4) is 0 Å². The Morgan fingerprint density at radius 1 is 0.926 bits per heavy atom. The van der Waals surface area contributed by atoms with E-state index in [-0.39, 0.29) is 18.0 Å². The van der Waals surface area contributed by atoms with Gasteiger partial charge < -0.3 is 5.32 Å². The van der Waals surface area contributed by atoms with Crippen molar-refractivity contribution >= 4 is 11.6 Å². The van der Waals surface area contributed by atoms with Gasteiger partial charge in [-0.1, -0.05) is 18.2 Å². The number of carbonyl (C=O) groups excluding carboxylic acids is 1. The van der Waals surface area contributed by atoms with Crippen molar-refractivity contribution in [2.75, 3.05) is 5.32 Å². The van der Waals surface area contributed by atoms with Crippen molar-refractivity contribution in [2.24, 2.45) is 0 Å². The number of nitrogens with one attached hydrogen (secondary N) is 1. The van der Waals surface area contributed by atoms with Crippen molar-refractivity contribution in [1.82, 2.24) is 9.78 Å². The Labute approximate surface area is 158 Å². The first kappa shape index (κ1) is 18.6. The summed E-state index contributed by atoms with van der Waals surface area (Å²) in [5.41, 5.74) is 6.47. The van der Waals surface area contributed by atoms with Gasteiger partial charge in [-0.05, 0) is 74.2 Å². The average Bonchev–Trinajstić information content (AvgIpc) is 2.58. The monoisotopic (exact) mass is 361 g/mol. The standard InChI is InChI=1S/C22H23N3O2/c1-14-9-15(2)11-19(10-14)23-21(26)13-25-22(27)8-7-20(24-25)18-6-5-16(3)17(4)12-18/h5-12H,13H2,1-4H3,(H,23,26). The van der Waals surface area contributed by atoms with Gasteiger partial charge in [-0.15, -0.1) is 0 Å². The van der Waals surface area contributed by atoms with Crippen LogP contribution in [0, 0.1) is 27.7 Å². The third-order valence-electron chi connectivity index (χ3n) is 4.47. The lowest BCUT2D eigenvalue weighted by molar-refractivity contribution is -0.117. The summed E-state index contributed by atoms with van der Waals surface area (Å²) in [5, 5.41) is 7.21. The van der Waals surface area contributed by atoms with E-state index in [1.54, 1.807) is 6.07 Å². The number of nitrogens with zero attached hydrogens (tertiary/aromatic N) is 2. The highest BCUT2D eigenvalue weighted by Crippen LogP contribution is 2.19. The number of amides is 1. The fraction of sp³-hybridized carbons (Fsp3) is 0.227. The van der Waals surface area contributed by atoms with Gasteiger partial charge in [0.2, 0.25) is 5.91 Å². The molecule has 5 nitrogen and oxygen atoms in total. The van der Waals surface area contributed by atoms with Crippen LogP contribution in [0.4, 0.5) is 5.69 Å². The Bertz CT molecular complexity index is 1050. The van der Waals surface area contributed by atoms with Gasteiger partial charge in [0.1, 0.15) is 6.54 Å². The van der Waals surface area contributed by atoms with Crippen molar-refractivity contribution in [3.05, 3.63) is 81.1 Å². The fourth-order valence-electron chi connectivity index (χ4n) is 3.00. The van der Waals surface area contributed by atoms with Gasteiger partial charge in [-0.2, -0.15) is 5.10 Å². The van der Waals surface area contributed by atoms with Crippen molar-refractivity contribution in [3.8, 4) is 11.3 Å². The third kappa shape index (κ3) is 4.50. The molecule has 138 valence electrons. The molecule has 0 atom stereocenters. The van der Waals surface area contributed by atoms with Crippen LogP contribution in [0.2, 0.25) is 0 Å². The molecule has 3 aromatic rings. The van der Waals surface area contributed by atoms with E-state index in [0.717, 1.165) is 27.9 Å². The van der Waals surface area contributed by atoms with E-state index in [0.29, 0.717) is 5.69 Å². The summed E-state index contributed by atoms with van der Waals surface area (Å²) in [7, 11) is 0. The number of aromatic nitrogens is 2. The summed E-state index contributed by atoms with van der Waals surface area (Å²) < 4.78 is 1.20. The highest BCUT2D eigenvalue weighted by Gasteiger charge is 2.09. The van der Waals surface area contributed by atoms with Crippen LogP contribution in [0.25, 0.3) is 11.3 Å². The summed E-state index contributed by atoms with van der Waals surface area (Å²) >= 11 is 0. The first-order chi connectivity index (χ1) is 12.8. The SMILES string of the molecule is Cc1cc(C)cc(NC(=O)Cn2nc(-c3ccc(C)c(C)c3)ccc2=O)c1. The first-order valence-electron chi connectivity index (χ1n) is 8.86. The predicted molar refractivity (Wildman–Crippen MR) is 108 cm³/mol. The van der Waals surface area contributed by atoms with E-state index in [2.05, 4.69) is 10.4 Å². The fourth-order valence-corrected chi connectivity index (χ4v) is 3.00. The quantitative estimate of drug-likeness (QED) is 0.769. The van der Waals surface area contributed by atoms with Crippen molar-refractivity contribution in [1.29, 1.82) is 0 Å². The van der Waals surface area contributed by atoms with E-state index in [1.165, 1.54) is 16.3 Å². The Hall–Kier alpha value is -3.21. The molecule has 0 bridgehead atoms. The van der Waals surface area contributed by atoms with Crippen LogP contribution in [-0.2, 0) is 11.3 Å². The molecule has 0 fully saturated rings. The molecule has 1 aromatic heterocycles. The molecule has 0 aliphatic carbocycles. The van der Waals surface area contributed by atoms with Gasteiger partial charge in [0.05, 0.1) is 5.69 Å². The number of benzene rings is 2. The Kier molecular flexibility index (Phi) is 5.21. The zero-order valence-electron chi connectivity index (χ0n) is 16.0. The Morgan fingerprint density at radius 3 is 2.30 bits per heavy atom. The third-order valence-corrected chi connectivity index (χ3v) is 4.47. The molecule has 5 heteroatoms. The smallest absolute Gasteiger partial charge is 0.267 e. The molecule has 1 heterocycles. The first-order valence-corrected chi connectivity index (χ1v) is 8.86. The molecule has 1 amide bonds. The molecule has 0 aliphatic rings. The average molecular weight is 361 g/mol. The van der Waals surface area contributed by atoms with Gasteiger partial charge in [0, 0.05) is 17.3 Å². The summed E-state index contributed by atoms with van der Waals surface area (Å²) in [5.74, 6) is -0.285. The zero-order valence-corrected chi connectivity index (χ0v) is 16.0. The minimum atomic E-state index is -0.307. The normalized spacial score (nSPS) is 10.7.